The molecule has 9 heteroatoms. The zero-order valence-electron chi connectivity index (χ0n) is 17.4. The van der Waals surface area contributed by atoms with Crippen LogP contribution in [0.5, 0.6) is 5.75 Å². The Kier molecular flexibility index (Phi) is 6.28. The zero-order chi connectivity index (χ0) is 21.9. The van der Waals surface area contributed by atoms with E-state index in [9.17, 15) is 19.2 Å². The van der Waals surface area contributed by atoms with Crippen LogP contribution in [0.2, 0.25) is 0 Å². The number of benzene rings is 1. The summed E-state index contributed by atoms with van der Waals surface area (Å²) in [4.78, 5) is 50.4. The maximum absolute atomic E-state index is 12.9. The number of methoxy groups -OCH3 is 1. The van der Waals surface area contributed by atoms with Crippen LogP contribution in [0.4, 0.5) is 10.5 Å². The van der Waals surface area contributed by atoms with Crippen molar-refractivity contribution in [1.29, 1.82) is 0 Å². The summed E-state index contributed by atoms with van der Waals surface area (Å²) >= 11 is 0. The first-order chi connectivity index (χ1) is 14.3. The van der Waals surface area contributed by atoms with E-state index in [1.807, 2.05) is 19.9 Å². The Morgan fingerprint density at radius 2 is 2.07 bits per heavy atom. The van der Waals surface area contributed by atoms with Gasteiger partial charge in [0.05, 0.1) is 12.8 Å². The molecule has 2 fully saturated rings. The van der Waals surface area contributed by atoms with E-state index in [4.69, 9.17) is 9.47 Å². The molecular weight excluding hydrogens is 390 g/mol. The fourth-order valence-electron chi connectivity index (χ4n) is 4.07. The molecule has 1 heterocycles. The minimum Gasteiger partial charge on any atom is -0.495 e. The number of carbonyl (C=O) groups is 4. The van der Waals surface area contributed by atoms with Crippen molar-refractivity contribution in [2.75, 3.05) is 25.6 Å². The number of anilines is 1. The second-order valence-electron chi connectivity index (χ2n) is 7.85. The van der Waals surface area contributed by atoms with Crippen molar-refractivity contribution in [1.82, 2.24) is 10.2 Å². The largest absolute Gasteiger partial charge is 0.495 e. The quantitative estimate of drug-likeness (QED) is 0.540. The average molecular weight is 417 g/mol. The number of aryl methyl sites for hydroxylation is 1. The smallest absolute Gasteiger partial charge is 0.326 e. The highest BCUT2D eigenvalue weighted by atomic mass is 16.5. The molecule has 1 aliphatic carbocycles. The lowest BCUT2D eigenvalue weighted by Crippen LogP contribution is -2.54. The van der Waals surface area contributed by atoms with Crippen molar-refractivity contribution in [3.05, 3.63) is 23.8 Å². The van der Waals surface area contributed by atoms with Gasteiger partial charge < -0.3 is 20.1 Å². The number of carbonyl (C=O) groups excluding carboxylic acids is 4. The fraction of sp³-hybridized carbons (Fsp3) is 0.524. The van der Waals surface area contributed by atoms with Crippen LogP contribution >= 0.6 is 0 Å². The van der Waals surface area contributed by atoms with Crippen LogP contribution in [0.25, 0.3) is 0 Å². The summed E-state index contributed by atoms with van der Waals surface area (Å²) in [5.74, 6) is -1.30. The zero-order valence-corrected chi connectivity index (χ0v) is 17.4. The average Bonchev–Trinajstić information content (AvgIpc) is 2.94. The highest BCUT2D eigenvalue weighted by Gasteiger charge is 2.55. The molecule has 4 amide bonds. The topological polar surface area (TPSA) is 114 Å². The first-order valence-corrected chi connectivity index (χ1v) is 10.0. The summed E-state index contributed by atoms with van der Waals surface area (Å²) < 4.78 is 10.2. The van der Waals surface area contributed by atoms with Crippen LogP contribution in [0, 0.1) is 12.8 Å². The predicted octanol–water partition coefficient (Wildman–Crippen LogP) is 1.99. The van der Waals surface area contributed by atoms with Crippen LogP contribution in [0.3, 0.4) is 0 Å². The van der Waals surface area contributed by atoms with E-state index in [2.05, 4.69) is 10.6 Å². The third kappa shape index (κ3) is 4.24. The van der Waals surface area contributed by atoms with Crippen molar-refractivity contribution in [3.8, 4) is 5.75 Å². The number of urea groups is 1. The van der Waals surface area contributed by atoms with Gasteiger partial charge in [-0.25, -0.2) is 4.79 Å². The summed E-state index contributed by atoms with van der Waals surface area (Å²) in [6.07, 6.45) is 3.25. The van der Waals surface area contributed by atoms with Gasteiger partial charge in [0, 0.05) is 0 Å². The van der Waals surface area contributed by atoms with Gasteiger partial charge >= 0.3 is 12.0 Å². The Balaban J connectivity index is 1.55. The minimum absolute atomic E-state index is 0.00110. The van der Waals surface area contributed by atoms with Gasteiger partial charge in [0.2, 0.25) is 0 Å². The number of amides is 4. The molecule has 2 atom stereocenters. The van der Waals surface area contributed by atoms with Crippen LogP contribution < -0.4 is 15.4 Å². The Bertz CT molecular complexity index is 870. The lowest BCUT2D eigenvalue weighted by Gasteiger charge is -2.36. The highest BCUT2D eigenvalue weighted by molar-refractivity contribution is 6.09. The molecule has 0 bridgehead atoms. The van der Waals surface area contributed by atoms with E-state index in [-0.39, 0.29) is 5.92 Å². The molecule has 3 rings (SSSR count). The van der Waals surface area contributed by atoms with Gasteiger partial charge in [-0.15, -0.1) is 0 Å². The van der Waals surface area contributed by atoms with Gasteiger partial charge in [0.1, 0.15) is 17.8 Å². The number of esters is 1. The molecule has 1 aliphatic heterocycles. The van der Waals surface area contributed by atoms with Gasteiger partial charge in [-0.1, -0.05) is 25.8 Å². The van der Waals surface area contributed by atoms with Crippen LogP contribution in [0.15, 0.2) is 18.2 Å². The second kappa shape index (κ2) is 8.73. The van der Waals surface area contributed by atoms with E-state index in [1.54, 1.807) is 12.1 Å². The summed E-state index contributed by atoms with van der Waals surface area (Å²) in [6, 6.07) is 4.69. The SMILES string of the molecule is COc1ccc(C)cc1NC(=O)COC(=O)CN1C(=O)N[C@]2(CCCC[C@H]2C)C1=O. The summed E-state index contributed by atoms with van der Waals surface area (Å²) in [5.41, 5.74) is 0.447. The molecule has 1 saturated heterocycles. The normalized spacial score (nSPS) is 23.3. The van der Waals surface area contributed by atoms with E-state index >= 15 is 0 Å². The van der Waals surface area contributed by atoms with E-state index in [0.717, 1.165) is 29.7 Å². The lowest BCUT2D eigenvalue weighted by atomic mass is 9.73. The summed E-state index contributed by atoms with van der Waals surface area (Å²) in [5, 5.41) is 5.40. The van der Waals surface area contributed by atoms with E-state index < -0.39 is 42.5 Å². The molecule has 2 aliphatic rings. The fourth-order valence-corrected chi connectivity index (χ4v) is 4.07. The van der Waals surface area contributed by atoms with Crippen molar-refractivity contribution in [3.63, 3.8) is 0 Å². The number of rotatable bonds is 6. The van der Waals surface area contributed by atoms with Gasteiger partial charge in [0.25, 0.3) is 11.8 Å². The minimum atomic E-state index is -0.936. The molecule has 0 aromatic heterocycles. The second-order valence-corrected chi connectivity index (χ2v) is 7.85. The van der Waals surface area contributed by atoms with Gasteiger partial charge in [-0.2, -0.15) is 0 Å². The number of hydrogen-bond acceptors (Lipinski definition) is 6. The third-order valence-electron chi connectivity index (χ3n) is 5.78. The number of nitrogens with zero attached hydrogens (tertiary/aromatic N) is 1. The molecule has 1 spiro atoms. The van der Waals surface area contributed by atoms with Crippen LogP contribution in [-0.2, 0) is 19.1 Å². The van der Waals surface area contributed by atoms with Gasteiger partial charge in [-0.05, 0) is 43.4 Å². The Labute approximate surface area is 175 Å². The highest BCUT2D eigenvalue weighted by Crippen LogP contribution is 2.38. The molecule has 9 nitrogen and oxygen atoms in total. The van der Waals surface area contributed by atoms with Gasteiger partial charge in [-0.3, -0.25) is 19.3 Å². The predicted molar refractivity (Wildman–Crippen MR) is 108 cm³/mol. The molecule has 1 aromatic carbocycles. The summed E-state index contributed by atoms with van der Waals surface area (Å²) in [7, 11) is 1.48. The van der Waals surface area contributed by atoms with Gasteiger partial charge in [0.15, 0.2) is 6.61 Å². The molecule has 1 aromatic rings. The molecule has 30 heavy (non-hydrogen) atoms. The standard InChI is InChI=1S/C21H27N3O6/c1-13-7-8-16(29-3)15(10-13)22-17(25)12-30-18(26)11-24-19(27)21(23-20(24)28)9-5-4-6-14(21)2/h7-8,10,14H,4-6,9,11-12H2,1-3H3,(H,22,25)(H,23,28)/t14-,21+/m1/s1. The number of nitrogens with one attached hydrogen (secondary N) is 2. The molecule has 2 N–H and O–H groups in total. The van der Waals surface area contributed by atoms with Crippen molar-refractivity contribution in [2.45, 2.75) is 45.1 Å². The third-order valence-corrected chi connectivity index (χ3v) is 5.78. The first kappa shape index (κ1) is 21.6. The molecule has 0 radical (unpaired) electrons. The molecule has 1 saturated carbocycles. The first-order valence-electron chi connectivity index (χ1n) is 10.0. The maximum atomic E-state index is 12.9. The van der Waals surface area contributed by atoms with E-state index in [0.29, 0.717) is 17.9 Å². The monoisotopic (exact) mass is 417 g/mol. The summed E-state index contributed by atoms with van der Waals surface area (Å²) in [6.45, 7) is 2.73. The molecular formula is C21H27N3O6. The number of hydrogen-bond donors (Lipinski definition) is 2. The van der Waals surface area contributed by atoms with Crippen LogP contribution in [-0.4, -0.2) is 54.5 Å². The Morgan fingerprint density at radius 3 is 2.77 bits per heavy atom. The van der Waals surface area contributed by atoms with E-state index in [1.165, 1.54) is 7.11 Å². The van der Waals surface area contributed by atoms with Crippen molar-refractivity contribution in [2.24, 2.45) is 5.92 Å². The molecule has 162 valence electrons. The number of ether oxygens (including phenoxy) is 2. The maximum Gasteiger partial charge on any atom is 0.326 e. The number of imide groups is 1. The van der Waals surface area contributed by atoms with Crippen LogP contribution in [0.1, 0.15) is 38.2 Å². The Hall–Kier alpha value is -3.10. The lowest BCUT2D eigenvalue weighted by molar-refractivity contribution is -0.150. The van der Waals surface area contributed by atoms with Crippen molar-refractivity contribution < 1.29 is 28.7 Å². The molecule has 0 unspecified atom stereocenters. The Morgan fingerprint density at radius 1 is 1.30 bits per heavy atom. The van der Waals surface area contributed by atoms with Crippen molar-refractivity contribution >= 4 is 29.5 Å².